The molecule has 104 valence electrons. The zero-order chi connectivity index (χ0) is 13.8. The molecule has 3 N–H and O–H groups in total. The van der Waals surface area contributed by atoms with Crippen molar-refractivity contribution >= 4 is 10.9 Å². The summed E-state index contributed by atoms with van der Waals surface area (Å²) in [7, 11) is 3.96. The zero-order valence-electron chi connectivity index (χ0n) is 11.3. The quantitative estimate of drug-likeness (QED) is 0.688. The van der Waals surface area contributed by atoms with Gasteiger partial charge in [-0.15, -0.1) is 0 Å². The zero-order valence-corrected chi connectivity index (χ0v) is 11.3. The summed E-state index contributed by atoms with van der Waals surface area (Å²) in [5.41, 5.74) is 2.02. The van der Waals surface area contributed by atoms with E-state index in [-0.39, 0.29) is 13.0 Å². The summed E-state index contributed by atoms with van der Waals surface area (Å²) in [5.74, 6) is 0.643. The molecule has 5 nitrogen and oxygen atoms in total. The van der Waals surface area contributed by atoms with E-state index >= 15 is 0 Å². The predicted octanol–water partition coefficient (Wildman–Crippen LogP) is 1.31. The maximum absolute atomic E-state index is 9.68. The number of nitrogens with zero attached hydrogens (tertiary/aromatic N) is 1. The average Bonchev–Trinajstić information content (AvgIpc) is 2.80. The van der Waals surface area contributed by atoms with Crippen LogP contribution in [0.2, 0.25) is 0 Å². The molecule has 0 aliphatic carbocycles. The maximum atomic E-state index is 9.68. The third kappa shape index (κ3) is 3.26. The SMILES string of the molecule is CN(C)Cc1c(OC(O)CCO)ccc2cc[nH]c12. The number of aliphatic hydroxyl groups is 2. The number of benzene rings is 1. The van der Waals surface area contributed by atoms with Crippen LogP contribution >= 0.6 is 0 Å². The van der Waals surface area contributed by atoms with Gasteiger partial charge in [-0.3, -0.25) is 0 Å². The van der Waals surface area contributed by atoms with Gasteiger partial charge in [0.25, 0.3) is 0 Å². The summed E-state index contributed by atoms with van der Waals surface area (Å²) in [6.07, 6.45) is 1.10. The Labute approximate surface area is 112 Å². The number of aliphatic hydroxyl groups excluding tert-OH is 2. The lowest BCUT2D eigenvalue weighted by Gasteiger charge is -2.18. The van der Waals surface area contributed by atoms with Gasteiger partial charge < -0.3 is 24.8 Å². The van der Waals surface area contributed by atoms with Crippen molar-refractivity contribution in [1.29, 1.82) is 0 Å². The molecule has 19 heavy (non-hydrogen) atoms. The van der Waals surface area contributed by atoms with Crippen LogP contribution in [0.5, 0.6) is 5.75 Å². The van der Waals surface area contributed by atoms with Crippen LogP contribution in [0, 0.1) is 0 Å². The molecule has 5 heteroatoms. The van der Waals surface area contributed by atoms with Gasteiger partial charge in [-0.05, 0) is 37.7 Å². The molecule has 0 saturated heterocycles. The van der Waals surface area contributed by atoms with Crippen LogP contribution in [0.4, 0.5) is 0 Å². The van der Waals surface area contributed by atoms with E-state index in [2.05, 4.69) is 4.98 Å². The number of nitrogens with one attached hydrogen (secondary N) is 1. The summed E-state index contributed by atoms with van der Waals surface area (Å²) in [4.78, 5) is 5.24. The normalized spacial score (nSPS) is 13.1. The maximum Gasteiger partial charge on any atom is 0.199 e. The fraction of sp³-hybridized carbons (Fsp3) is 0.429. The number of aromatic amines is 1. The molecule has 0 fully saturated rings. The van der Waals surface area contributed by atoms with Crippen LogP contribution in [-0.2, 0) is 6.54 Å². The molecule has 1 aromatic heterocycles. The topological polar surface area (TPSA) is 68.7 Å². The molecule has 0 spiro atoms. The second-order valence-corrected chi connectivity index (χ2v) is 4.81. The van der Waals surface area contributed by atoms with E-state index < -0.39 is 6.29 Å². The first kappa shape index (κ1) is 13.9. The minimum Gasteiger partial charge on any atom is -0.465 e. The van der Waals surface area contributed by atoms with Crippen molar-refractivity contribution in [2.24, 2.45) is 0 Å². The molecular formula is C14H20N2O3. The Morgan fingerprint density at radius 2 is 2.11 bits per heavy atom. The third-order valence-electron chi connectivity index (χ3n) is 2.91. The Morgan fingerprint density at radius 1 is 1.32 bits per heavy atom. The molecule has 1 unspecified atom stereocenters. The fourth-order valence-corrected chi connectivity index (χ4v) is 2.07. The van der Waals surface area contributed by atoms with Gasteiger partial charge in [-0.2, -0.15) is 0 Å². The lowest BCUT2D eigenvalue weighted by Crippen LogP contribution is -2.19. The van der Waals surface area contributed by atoms with E-state index in [0.29, 0.717) is 12.3 Å². The van der Waals surface area contributed by atoms with Crippen molar-refractivity contribution in [3.63, 3.8) is 0 Å². The van der Waals surface area contributed by atoms with Crippen molar-refractivity contribution in [1.82, 2.24) is 9.88 Å². The highest BCUT2D eigenvalue weighted by atomic mass is 16.6. The van der Waals surface area contributed by atoms with Gasteiger partial charge >= 0.3 is 0 Å². The summed E-state index contributed by atoms with van der Waals surface area (Å²) in [5, 5.41) is 19.6. The van der Waals surface area contributed by atoms with E-state index in [0.717, 1.165) is 16.5 Å². The number of H-pyrrole nitrogens is 1. The van der Waals surface area contributed by atoms with Gasteiger partial charge in [-0.25, -0.2) is 0 Å². The van der Waals surface area contributed by atoms with Crippen LogP contribution in [0.25, 0.3) is 10.9 Å². The first-order valence-electron chi connectivity index (χ1n) is 6.31. The van der Waals surface area contributed by atoms with Gasteiger partial charge in [0.15, 0.2) is 6.29 Å². The second-order valence-electron chi connectivity index (χ2n) is 4.81. The molecule has 1 heterocycles. The minimum absolute atomic E-state index is 0.102. The molecular weight excluding hydrogens is 244 g/mol. The molecule has 0 aliphatic rings. The average molecular weight is 264 g/mol. The third-order valence-corrected chi connectivity index (χ3v) is 2.91. The molecule has 0 bridgehead atoms. The van der Waals surface area contributed by atoms with Crippen molar-refractivity contribution in [2.75, 3.05) is 20.7 Å². The Morgan fingerprint density at radius 3 is 2.79 bits per heavy atom. The Balaban J connectivity index is 2.35. The van der Waals surface area contributed by atoms with Crippen LogP contribution < -0.4 is 4.74 Å². The first-order valence-corrected chi connectivity index (χ1v) is 6.31. The Kier molecular flexibility index (Phi) is 4.42. The number of ether oxygens (including phenoxy) is 1. The Hall–Kier alpha value is -1.56. The van der Waals surface area contributed by atoms with Crippen molar-refractivity contribution in [3.05, 3.63) is 30.0 Å². The molecule has 1 atom stereocenters. The molecule has 0 radical (unpaired) electrons. The van der Waals surface area contributed by atoms with Crippen molar-refractivity contribution in [2.45, 2.75) is 19.3 Å². The molecule has 1 aromatic carbocycles. The highest BCUT2D eigenvalue weighted by Gasteiger charge is 2.14. The molecule has 0 saturated carbocycles. The van der Waals surface area contributed by atoms with Gasteiger partial charge in [0, 0.05) is 31.3 Å². The van der Waals surface area contributed by atoms with Crippen LogP contribution in [0.15, 0.2) is 24.4 Å². The smallest absolute Gasteiger partial charge is 0.199 e. The molecule has 0 aliphatic heterocycles. The number of hydrogen-bond donors (Lipinski definition) is 3. The van der Waals surface area contributed by atoms with Gasteiger partial charge in [0.2, 0.25) is 0 Å². The molecule has 0 amide bonds. The summed E-state index contributed by atoms with van der Waals surface area (Å²) in [6.45, 7) is 0.605. The van der Waals surface area contributed by atoms with Crippen molar-refractivity contribution < 1.29 is 14.9 Å². The van der Waals surface area contributed by atoms with E-state index in [1.54, 1.807) is 0 Å². The van der Waals surface area contributed by atoms with Crippen LogP contribution in [0.3, 0.4) is 0 Å². The number of aromatic nitrogens is 1. The van der Waals surface area contributed by atoms with Gasteiger partial charge in [-0.1, -0.05) is 0 Å². The highest BCUT2D eigenvalue weighted by Crippen LogP contribution is 2.29. The highest BCUT2D eigenvalue weighted by molar-refractivity contribution is 5.84. The Bertz CT molecular complexity index is 536. The lowest BCUT2D eigenvalue weighted by atomic mass is 10.1. The van der Waals surface area contributed by atoms with E-state index in [9.17, 15) is 5.11 Å². The molecule has 2 aromatic rings. The predicted molar refractivity (Wildman–Crippen MR) is 74.0 cm³/mol. The second kappa shape index (κ2) is 6.06. The van der Waals surface area contributed by atoms with Gasteiger partial charge in [0.05, 0.1) is 5.52 Å². The molecule has 2 rings (SSSR count). The summed E-state index contributed by atoms with van der Waals surface area (Å²) < 4.78 is 5.51. The summed E-state index contributed by atoms with van der Waals surface area (Å²) >= 11 is 0. The lowest BCUT2D eigenvalue weighted by molar-refractivity contribution is -0.0334. The van der Waals surface area contributed by atoms with Crippen molar-refractivity contribution in [3.8, 4) is 5.75 Å². The van der Waals surface area contributed by atoms with E-state index in [1.807, 2.05) is 43.4 Å². The van der Waals surface area contributed by atoms with Crippen LogP contribution in [-0.4, -0.2) is 47.1 Å². The summed E-state index contributed by atoms with van der Waals surface area (Å²) in [6, 6.07) is 5.81. The number of hydrogen-bond acceptors (Lipinski definition) is 4. The fourth-order valence-electron chi connectivity index (χ4n) is 2.07. The minimum atomic E-state index is -0.988. The number of rotatable bonds is 6. The van der Waals surface area contributed by atoms with E-state index in [1.165, 1.54) is 0 Å². The van der Waals surface area contributed by atoms with E-state index in [4.69, 9.17) is 9.84 Å². The monoisotopic (exact) mass is 264 g/mol. The standard InChI is InChI=1S/C14H20N2O3/c1-16(2)9-11-12(19-13(18)6-8-17)4-3-10-5-7-15-14(10)11/h3-5,7,13,15,17-18H,6,8-9H2,1-2H3. The van der Waals surface area contributed by atoms with Gasteiger partial charge in [0.1, 0.15) is 5.75 Å². The number of fused-ring (bicyclic) bond motifs is 1. The first-order chi connectivity index (χ1) is 9.11. The van der Waals surface area contributed by atoms with Crippen LogP contribution in [0.1, 0.15) is 12.0 Å². The largest absolute Gasteiger partial charge is 0.465 e.